The van der Waals surface area contributed by atoms with Gasteiger partial charge in [0.25, 0.3) is 0 Å². The largest absolute Gasteiger partial charge is 0.481 e. The first-order valence-corrected chi connectivity index (χ1v) is 5.67. The van der Waals surface area contributed by atoms with E-state index in [4.69, 9.17) is 5.11 Å². The lowest BCUT2D eigenvalue weighted by Crippen LogP contribution is -2.23. The topological polar surface area (TPSA) is 105 Å². The summed E-state index contributed by atoms with van der Waals surface area (Å²) in [6, 6.07) is 0. The van der Waals surface area contributed by atoms with Gasteiger partial charge in [0.05, 0.1) is 5.92 Å². The lowest BCUT2D eigenvalue weighted by molar-refractivity contribution is -0.142. The van der Waals surface area contributed by atoms with Crippen LogP contribution in [0.15, 0.2) is 12.5 Å². The molecule has 0 saturated heterocycles. The quantitative estimate of drug-likeness (QED) is 0.796. The first kappa shape index (κ1) is 10.8. The van der Waals surface area contributed by atoms with E-state index in [1.807, 2.05) is 0 Å². The number of aromatic amines is 1. The van der Waals surface area contributed by atoms with Crippen molar-refractivity contribution >= 4 is 5.97 Å². The van der Waals surface area contributed by atoms with Crippen LogP contribution >= 0.6 is 0 Å². The highest BCUT2D eigenvalue weighted by atomic mass is 16.4. The van der Waals surface area contributed by atoms with Crippen LogP contribution in [0.25, 0.3) is 11.6 Å². The minimum Gasteiger partial charge on any atom is -0.481 e. The van der Waals surface area contributed by atoms with E-state index in [-0.39, 0.29) is 5.92 Å². The van der Waals surface area contributed by atoms with E-state index in [0.717, 1.165) is 11.3 Å². The highest BCUT2D eigenvalue weighted by Crippen LogP contribution is 2.25. The SMILES string of the molecule is O=C(O)C1CCc2nc(-c3ncn[nH]3)ncc2C1. The van der Waals surface area contributed by atoms with Gasteiger partial charge in [0, 0.05) is 11.9 Å². The number of fused-ring (bicyclic) bond motifs is 1. The molecule has 2 heterocycles. The second-order valence-electron chi connectivity index (χ2n) is 4.28. The lowest BCUT2D eigenvalue weighted by Gasteiger charge is -2.20. The molecule has 2 N–H and O–H groups in total. The summed E-state index contributed by atoms with van der Waals surface area (Å²) in [7, 11) is 0. The summed E-state index contributed by atoms with van der Waals surface area (Å²) in [6.07, 6.45) is 4.88. The zero-order chi connectivity index (χ0) is 12.5. The van der Waals surface area contributed by atoms with Crippen LogP contribution in [-0.4, -0.2) is 36.2 Å². The fraction of sp³-hybridized carbons (Fsp3) is 0.364. The van der Waals surface area contributed by atoms with Gasteiger partial charge in [-0.15, -0.1) is 0 Å². The maximum absolute atomic E-state index is 11.0. The van der Waals surface area contributed by atoms with E-state index in [1.165, 1.54) is 6.33 Å². The Morgan fingerprint density at radius 2 is 2.33 bits per heavy atom. The Balaban J connectivity index is 1.92. The van der Waals surface area contributed by atoms with Crippen molar-refractivity contribution in [3.8, 4) is 11.6 Å². The van der Waals surface area contributed by atoms with Crippen molar-refractivity contribution in [2.24, 2.45) is 5.92 Å². The van der Waals surface area contributed by atoms with Gasteiger partial charge in [-0.1, -0.05) is 0 Å². The summed E-state index contributed by atoms with van der Waals surface area (Å²) in [5.74, 6) is -0.0460. The van der Waals surface area contributed by atoms with Crippen molar-refractivity contribution in [3.05, 3.63) is 23.8 Å². The third kappa shape index (κ3) is 1.83. The van der Waals surface area contributed by atoms with E-state index in [2.05, 4.69) is 25.1 Å². The molecule has 1 aliphatic carbocycles. The summed E-state index contributed by atoms with van der Waals surface area (Å²) in [5, 5.41) is 15.5. The Kier molecular flexibility index (Phi) is 2.51. The normalized spacial score (nSPS) is 18.3. The van der Waals surface area contributed by atoms with Crippen molar-refractivity contribution in [2.45, 2.75) is 19.3 Å². The van der Waals surface area contributed by atoms with E-state index < -0.39 is 5.97 Å². The zero-order valence-corrected chi connectivity index (χ0v) is 9.50. The van der Waals surface area contributed by atoms with Crippen molar-refractivity contribution in [1.29, 1.82) is 0 Å². The molecule has 3 rings (SSSR count). The number of aromatic nitrogens is 5. The average Bonchev–Trinajstić information content (AvgIpc) is 2.91. The molecule has 0 aromatic carbocycles. The number of aryl methyl sites for hydroxylation is 1. The molecule has 7 heteroatoms. The molecule has 0 saturated carbocycles. The van der Waals surface area contributed by atoms with Gasteiger partial charge in [-0.05, 0) is 24.8 Å². The van der Waals surface area contributed by atoms with Crippen molar-refractivity contribution in [3.63, 3.8) is 0 Å². The van der Waals surface area contributed by atoms with Crippen molar-refractivity contribution < 1.29 is 9.90 Å². The monoisotopic (exact) mass is 245 g/mol. The number of carboxylic acid groups (broad SMARTS) is 1. The second kappa shape index (κ2) is 4.17. The summed E-state index contributed by atoms with van der Waals surface area (Å²) >= 11 is 0. The molecule has 0 aliphatic heterocycles. The molecule has 0 amide bonds. The van der Waals surface area contributed by atoms with Crippen LogP contribution in [0.4, 0.5) is 0 Å². The molecule has 2 aromatic heterocycles. The van der Waals surface area contributed by atoms with Crippen LogP contribution in [-0.2, 0) is 17.6 Å². The summed E-state index contributed by atoms with van der Waals surface area (Å²) in [6.45, 7) is 0. The molecule has 0 radical (unpaired) electrons. The predicted octanol–water partition coefficient (Wildman–Crippen LogP) is 0.451. The number of rotatable bonds is 2. The third-order valence-electron chi connectivity index (χ3n) is 3.13. The number of hydrogen-bond acceptors (Lipinski definition) is 5. The molecule has 1 unspecified atom stereocenters. The van der Waals surface area contributed by atoms with Crippen LogP contribution in [0.2, 0.25) is 0 Å². The standard InChI is InChI=1S/C11H11N5O2/c17-11(18)6-1-2-8-7(3-6)4-12-9(15-8)10-13-5-14-16-10/h4-6H,1-3H2,(H,17,18)(H,13,14,16). The Labute approximate surface area is 102 Å². The van der Waals surface area contributed by atoms with Gasteiger partial charge in [0.1, 0.15) is 6.33 Å². The van der Waals surface area contributed by atoms with Gasteiger partial charge in [-0.2, -0.15) is 5.10 Å². The van der Waals surface area contributed by atoms with Crippen LogP contribution < -0.4 is 0 Å². The highest BCUT2D eigenvalue weighted by Gasteiger charge is 2.25. The average molecular weight is 245 g/mol. The Morgan fingerprint density at radius 3 is 3.06 bits per heavy atom. The molecule has 1 aliphatic rings. The minimum atomic E-state index is -0.750. The summed E-state index contributed by atoms with van der Waals surface area (Å²) in [4.78, 5) is 23.5. The molecule has 18 heavy (non-hydrogen) atoms. The number of nitrogens with zero attached hydrogens (tertiary/aromatic N) is 4. The summed E-state index contributed by atoms with van der Waals surface area (Å²) < 4.78 is 0. The molecule has 0 fully saturated rings. The van der Waals surface area contributed by atoms with Gasteiger partial charge in [0.15, 0.2) is 11.6 Å². The molecule has 2 aromatic rings. The molecule has 7 nitrogen and oxygen atoms in total. The fourth-order valence-electron chi connectivity index (χ4n) is 2.15. The summed E-state index contributed by atoms with van der Waals surface area (Å²) in [5.41, 5.74) is 1.82. The maximum atomic E-state index is 11.0. The van der Waals surface area contributed by atoms with Gasteiger partial charge in [-0.25, -0.2) is 15.0 Å². The number of H-pyrrole nitrogens is 1. The Bertz CT molecular complexity index is 581. The fourth-order valence-corrected chi connectivity index (χ4v) is 2.15. The van der Waals surface area contributed by atoms with Gasteiger partial charge in [-0.3, -0.25) is 9.89 Å². The van der Waals surface area contributed by atoms with Gasteiger partial charge < -0.3 is 5.11 Å². The third-order valence-corrected chi connectivity index (χ3v) is 3.13. The number of carbonyl (C=O) groups is 1. The van der Waals surface area contributed by atoms with E-state index >= 15 is 0 Å². The highest BCUT2D eigenvalue weighted by molar-refractivity contribution is 5.70. The molecule has 0 spiro atoms. The second-order valence-corrected chi connectivity index (χ2v) is 4.28. The Morgan fingerprint density at radius 1 is 1.44 bits per heavy atom. The minimum absolute atomic E-state index is 0.322. The van der Waals surface area contributed by atoms with Crippen molar-refractivity contribution in [1.82, 2.24) is 25.1 Å². The first-order valence-electron chi connectivity index (χ1n) is 5.67. The predicted molar refractivity (Wildman–Crippen MR) is 60.6 cm³/mol. The van der Waals surface area contributed by atoms with Crippen LogP contribution in [0, 0.1) is 5.92 Å². The van der Waals surface area contributed by atoms with Gasteiger partial charge in [0.2, 0.25) is 0 Å². The van der Waals surface area contributed by atoms with Gasteiger partial charge >= 0.3 is 5.97 Å². The van der Waals surface area contributed by atoms with Crippen LogP contribution in [0.1, 0.15) is 17.7 Å². The zero-order valence-electron chi connectivity index (χ0n) is 9.50. The molecule has 92 valence electrons. The van der Waals surface area contributed by atoms with Crippen molar-refractivity contribution in [2.75, 3.05) is 0 Å². The number of nitrogens with one attached hydrogen (secondary N) is 1. The van der Waals surface area contributed by atoms with E-state index in [9.17, 15) is 4.79 Å². The number of aliphatic carboxylic acids is 1. The van der Waals surface area contributed by atoms with Crippen LogP contribution in [0.5, 0.6) is 0 Å². The van der Waals surface area contributed by atoms with Crippen LogP contribution in [0.3, 0.4) is 0 Å². The molecular formula is C11H11N5O2. The number of carboxylic acids is 1. The molecule has 1 atom stereocenters. The molecule has 0 bridgehead atoms. The molecular weight excluding hydrogens is 234 g/mol. The maximum Gasteiger partial charge on any atom is 0.306 e. The smallest absolute Gasteiger partial charge is 0.306 e. The van der Waals surface area contributed by atoms with E-state index in [0.29, 0.717) is 30.9 Å². The lowest BCUT2D eigenvalue weighted by atomic mass is 9.87. The first-order chi connectivity index (χ1) is 8.74. The van der Waals surface area contributed by atoms with E-state index in [1.54, 1.807) is 6.20 Å². The Hall–Kier alpha value is -2.31. The number of hydrogen-bond donors (Lipinski definition) is 2.